The molecule has 142 valence electrons. The van der Waals surface area contributed by atoms with E-state index in [1.807, 2.05) is 60.7 Å². The molecule has 1 saturated heterocycles. The number of nitrogens with one attached hydrogen (secondary N) is 1. The first-order valence-corrected chi connectivity index (χ1v) is 9.91. The van der Waals surface area contributed by atoms with Gasteiger partial charge in [0.2, 0.25) is 0 Å². The van der Waals surface area contributed by atoms with Crippen LogP contribution >= 0.6 is 11.3 Å². The Morgan fingerprint density at radius 2 is 1.68 bits per heavy atom. The van der Waals surface area contributed by atoms with Crippen molar-refractivity contribution in [3.05, 3.63) is 82.9 Å². The molecular weight excluding hydrogens is 372 g/mol. The van der Waals surface area contributed by atoms with E-state index in [1.54, 1.807) is 9.80 Å². The maximum atomic E-state index is 12.7. The van der Waals surface area contributed by atoms with Crippen molar-refractivity contribution >= 4 is 28.4 Å². The van der Waals surface area contributed by atoms with Crippen LogP contribution in [0.3, 0.4) is 0 Å². The maximum Gasteiger partial charge on any atom is 0.326 e. The van der Waals surface area contributed by atoms with E-state index in [0.29, 0.717) is 36.2 Å². The summed E-state index contributed by atoms with van der Waals surface area (Å²) in [5, 5.41) is 3.45. The number of urea groups is 1. The second-order valence-corrected chi connectivity index (χ2v) is 7.53. The van der Waals surface area contributed by atoms with Crippen molar-refractivity contribution in [2.45, 2.75) is 13.1 Å². The minimum Gasteiger partial charge on any atom is -0.347 e. The van der Waals surface area contributed by atoms with Gasteiger partial charge in [0.1, 0.15) is 4.88 Å². The third kappa shape index (κ3) is 4.04. The lowest BCUT2D eigenvalue weighted by molar-refractivity contribution is 0.0954. The van der Waals surface area contributed by atoms with Crippen LogP contribution in [-0.4, -0.2) is 34.9 Å². The Balaban J connectivity index is 1.37. The molecule has 2 heterocycles. The highest BCUT2D eigenvalue weighted by molar-refractivity contribution is 7.17. The molecule has 1 N–H and O–H groups in total. The van der Waals surface area contributed by atoms with E-state index in [0.717, 1.165) is 11.1 Å². The fourth-order valence-corrected chi connectivity index (χ4v) is 3.92. The molecule has 7 heteroatoms. The molecule has 1 aromatic heterocycles. The van der Waals surface area contributed by atoms with Crippen LogP contribution in [0.2, 0.25) is 0 Å². The first-order chi connectivity index (χ1) is 13.7. The molecule has 0 atom stereocenters. The molecular formula is C21H20N4O2S. The number of benzene rings is 2. The summed E-state index contributed by atoms with van der Waals surface area (Å²) >= 11 is 1.24. The maximum absolute atomic E-state index is 12.7. The van der Waals surface area contributed by atoms with Crippen LogP contribution in [0.15, 0.2) is 66.9 Å². The molecule has 2 aromatic carbocycles. The lowest BCUT2D eigenvalue weighted by Gasteiger charge is -2.16. The van der Waals surface area contributed by atoms with Gasteiger partial charge in [-0.15, -0.1) is 0 Å². The summed E-state index contributed by atoms with van der Waals surface area (Å²) in [6.07, 6.45) is 1.54. The van der Waals surface area contributed by atoms with Crippen LogP contribution < -0.4 is 10.2 Å². The average Bonchev–Trinajstić information content (AvgIpc) is 3.35. The van der Waals surface area contributed by atoms with Crippen molar-refractivity contribution in [3.63, 3.8) is 0 Å². The minimum absolute atomic E-state index is 0.0746. The van der Waals surface area contributed by atoms with Gasteiger partial charge in [0.25, 0.3) is 5.91 Å². The molecule has 4 rings (SSSR count). The number of thiazole rings is 1. The van der Waals surface area contributed by atoms with Gasteiger partial charge in [0.15, 0.2) is 5.13 Å². The number of rotatable bonds is 6. The van der Waals surface area contributed by atoms with Crippen molar-refractivity contribution in [1.82, 2.24) is 15.2 Å². The number of anilines is 1. The van der Waals surface area contributed by atoms with Gasteiger partial charge in [0.05, 0.1) is 6.20 Å². The monoisotopic (exact) mass is 392 g/mol. The average molecular weight is 392 g/mol. The second-order valence-electron chi connectivity index (χ2n) is 6.52. The predicted octanol–water partition coefficient (Wildman–Crippen LogP) is 3.52. The summed E-state index contributed by atoms with van der Waals surface area (Å²) < 4.78 is 0. The summed E-state index contributed by atoms with van der Waals surface area (Å²) in [4.78, 5) is 33.3. The van der Waals surface area contributed by atoms with Crippen molar-refractivity contribution in [1.29, 1.82) is 0 Å². The largest absolute Gasteiger partial charge is 0.347 e. The molecule has 0 spiro atoms. The van der Waals surface area contributed by atoms with Crippen LogP contribution in [-0.2, 0) is 13.1 Å². The fraction of sp³-hybridized carbons (Fsp3) is 0.190. The molecule has 3 aromatic rings. The Hall–Kier alpha value is -3.19. The van der Waals surface area contributed by atoms with Crippen LogP contribution in [0.25, 0.3) is 0 Å². The van der Waals surface area contributed by atoms with Crippen molar-refractivity contribution in [2.24, 2.45) is 0 Å². The Morgan fingerprint density at radius 3 is 2.39 bits per heavy atom. The third-order valence-electron chi connectivity index (χ3n) is 4.56. The second kappa shape index (κ2) is 8.22. The first kappa shape index (κ1) is 18.2. The van der Waals surface area contributed by atoms with Crippen LogP contribution in [0, 0.1) is 0 Å². The van der Waals surface area contributed by atoms with E-state index in [2.05, 4.69) is 10.3 Å². The fourth-order valence-electron chi connectivity index (χ4n) is 3.07. The Morgan fingerprint density at radius 1 is 1.00 bits per heavy atom. The lowest BCUT2D eigenvalue weighted by atomic mass is 10.2. The molecule has 1 fully saturated rings. The van der Waals surface area contributed by atoms with Gasteiger partial charge in [-0.25, -0.2) is 9.78 Å². The summed E-state index contributed by atoms with van der Waals surface area (Å²) in [5.74, 6) is -0.180. The highest BCUT2D eigenvalue weighted by atomic mass is 32.1. The Kier molecular flexibility index (Phi) is 5.34. The molecule has 0 unspecified atom stereocenters. The molecule has 3 amide bonds. The van der Waals surface area contributed by atoms with Gasteiger partial charge in [0, 0.05) is 26.2 Å². The van der Waals surface area contributed by atoms with Crippen molar-refractivity contribution in [3.8, 4) is 0 Å². The number of hydrogen-bond donors (Lipinski definition) is 1. The van der Waals surface area contributed by atoms with Crippen molar-refractivity contribution in [2.75, 3.05) is 18.0 Å². The van der Waals surface area contributed by atoms with Crippen molar-refractivity contribution < 1.29 is 9.59 Å². The molecule has 0 aliphatic carbocycles. The summed E-state index contributed by atoms with van der Waals surface area (Å²) in [7, 11) is 0. The minimum atomic E-state index is -0.180. The van der Waals surface area contributed by atoms with Gasteiger partial charge < -0.3 is 10.2 Å². The normalized spacial score (nSPS) is 13.8. The Labute approximate surface area is 167 Å². The zero-order valence-electron chi connectivity index (χ0n) is 15.2. The van der Waals surface area contributed by atoms with Crippen LogP contribution in [0.1, 0.15) is 20.8 Å². The predicted molar refractivity (Wildman–Crippen MR) is 109 cm³/mol. The molecule has 28 heavy (non-hydrogen) atoms. The van der Waals surface area contributed by atoms with Gasteiger partial charge in [-0.05, 0) is 11.1 Å². The number of nitrogens with zero attached hydrogens (tertiary/aromatic N) is 3. The highest BCUT2D eigenvalue weighted by Crippen LogP contribution is 2.26. The summed E-state index contributed by atoms with van der Waals surface area (Å²) in [6, 6.07) is 19.6. The first-order valence-electron chi connectivity index (χ1n) is 9.09. The van der Waals surface area contributed by atoms with Crippen LogP contribution in [0.5, 0.6) is 0 Å². The molecule has 1 aliphatic rings. The Bertz CT molecular complexity index is 959. The zero-order valence-corrected chi connectivity index (χ0v) is 16.1. The molecule has 0 bridgehead atoms. The number of aromatic nitrogens is 1. The van der Waals surface area contributed by atoms with Gasteiger partial charge in [-0.3, -0.25) is 9.69 Å². The number of hydrogen-bond acceptors (Lipinski definition) is 4. The summed E-state index contributed by atoms with van der Waals surface area (Å²) in [5.41, 5.74) is 2.13. The number of amides is 3. The number of carbonyl (C=O) groups excluding carboxylic acids is 2. The molecule has 0 saturated carbocycles. The zero-order chi connectivity index (χ0) is 19.3. The molecule has 1 aliphatic heterocycles. The quantitative estimate of drug-likeness (QED) is 0.698. The molecule has 6 nitrogen and oxygen atoms in total. The number of carbonyl (C=O) groups is 2. The SMILES string of the molecule is O=C(NCc1ccccc1)c1cnc(N2CCN(Cc3ccccc3)C2=O)s1. The van der Waals surface area contributed by atoms with Gasteiger partial charge in [-0.2, -0.15) is 0 Å². The highest BCUT2D eigenvalue weighted by Gasteiger charge is 2.31. The molecule has 0 radical (unpaired) electrons. The summed E-state index contributed by atoms with van der Waals surface area (Å²) in [6.45, 7) is 2.25. The smallest absolute Gasteiger partial charge is 0.326 e. The third-order valence-corrected chi connectivity index (χ3v) is 5.57. The van der Waals surface area contributed by atoms with E-state index in [1.165, 1.54) is 17.5 Å². The van der Waals surface area contributed by atoms with E-state index < -0.39 is 0 Å². The topological polar surface area (TPSA) is 65.5 Å². The van der Waals surface area contributed by atoms with Gasteiger partial charge >= 0.3 is 6.03 Å². The van der Waals surface area contributed by atoms with E-state index in [-0.39, 0.29) is 11.9 Å². The van der Waals surface area contributed by atoms with Gasteiger partial charge in [-0.1, -0.05) is 72.0 Å². The van der Waals surface area contributed by atoms with E-state index in [9.17, 15) is 9.59 Å². The van der Waals surface area contributed by atoms with E-state index in [4.69, 9.17) is 0 Å². The van der Waals surface area contributed by atoms with E-state index >= 15 is 0 Å². The lowest BCUT2D eigenvalue weighted by Crippen LogP contribution is -2.31. The standard InChI is InChI=1S/C21H20N4O2S/c26-19(22-13-16-7-3-1-4-8-16)18-14-23-20(28-18)25-12-11-24(21(25)27)15-17-9-5-2-6-10-17/h1-10,14H,11-13,15H2,(H,22,26). The van der Waals surface area contributed by atoms with Crippen LogP contribution in [0.4, 0.5) is 9.93 Å².